The Bertz CT molecular complexity index is 1540. The zero-order chi connectivity index (χ0) is 31.2. The number of hydrogen-bond acceptors (Lipinski definition) is 13. The Hall–Kier alpha value is -4.11. The van der Waals surface area contributed by atoms with Gasteiger partial charge >= 0.3 is 15.3 Å². The number of hydrogen-bond donors (Lipinski definition) is 2. The number of rotatable bonds is 12. The smallest absolute Gasteiger partial charge is 0.457 e. The fourth-order valence-electron chi connectivity index (χ4n) is 3.84. The Morgan fingerprint density at radius 1 is 0.364 bits per heavy atom. The first kappa shape index (κ1) is 31.3. The molecule has 4 aromatic carbocycles. The minimum atomic E-state index is -3.80. The Labute approximate surface area is 255 Å². The lowest BCUT2D eigenvalue weighted by Crippen LogP contribution is -2.12. The number of nitrogens with two attached hydrogens (primary N) is 2. The highest BCUT2D eigenvalue weighted by Gasteiger charge is 2.43. The van der Waals surface area contributed by atoms with Crippen LogP contribution in [0.2, 0.25) is 0 Å². The minimum Gasteiger partial charge on any atom is -0.497 e. The van der Waals surface area contributed by atoms with Gasteiger partial charge in [0, 0.05) is 0 Å². The maximum absolute atomic E-state index is 6.58. The summed E-state index contributed by atoms with van der Waals surface area (Å²) in [5.74, 6) is 3.98. The molecule has 0 amide bonds. The third-order valence-electron chi connectivity index (χ3n) is 5.87. The van der Waals surface area contributed by atoms with Gasteiger partial charge in [0.1, 0.15) is 46.0 Å². The van der Waals surface area contributed by atoms with Crippen molar-refractivity contribution in [2.75, 3.05) is 28.4 Å². The van der Waals surface area contributed by atoms with E-state index in [9.17, 15) is 0 Å². The van der Waals surface area contributed by atoms with E-state index in [-0.39, 0.29) is 0 Å². The van der Waals surface area contributed by atoms with E-state index in [2.05, 4.69) is 9.03 Å². The quantitative estimate of drug-likeness (QED) is 0.142. The van der Waals surface area contributed by atoms with Crippen molar-refractivity contribution in [3.05, 3.63) is 97.1 Å². The highest BCUT2D eigenvalue weighted by molar-refractivity contribution is 7.80. The summed E-state index contributed by atoms with van der Waals surface area (Å²) in [6.07, 6.45) is 0. The predicted molar refractivity (Wildman–Crippen MR) is 171 cm³/mol. The molecule has 44 heavy (non-hydrogen) atoms. The molecular formula is C28H32N5O8P3. The molecule has 0 radical (unpaired) electrons. The van der Waals surface area contributed by atoms with Gasteiger partial charge in [0.25, 0.3) is 0 Å². The normalized spacial score (nSPS) is 15.7. The molecule has 1 heterocycles. The molecule has 1 aliphatic heterocycles. The molecule has 4 N–H and O–H groups in total. The van der Waals surface area contributed by atoms with Crippen LogP contribution in [0, 0.1) is 0 Å². The van der Waals surface area contributed by atoms with Crippen molar-refractivity contribution in [2.45, 2.75) is 0 Å². The standard InChI is InChI=1S/C28H32N5O8P3/c1-34-21-5-13-25(14-6-21)38-43(39-26-15-7-22(35-2)8-16-26)31-42(29,30)32-44(33-43,40-27-17-9-23(36-3)10-18-27)41-28-19-11-24(37-4)12-20-28/h5-20H,29-30H2,1-4H3. The molecule has 1 aliphatic rings. The van der Waals surface area contributed by atoms with E-state index in [0.717, 1.165) is 0 Å². The van der Waals surface area contributed by atoms with Gasteiger partial charge in [0.05, 0.1) is 28.4 Å². The van der Waals surface area contributed by atoms with Crippen molar-refractivity contribution in [1.82, 2.24) is 0 Å². The summed E-state index contributed by atoms with van der Waals surface area (Å²) in [5.41, 5.74) is 13.2. The largest absolute Gasteiger partial charge is 0.497 e. The number of benzene rings is 4. The van der Waals surface area contributed by atoms with Gasteiger partial charge in [-0.05, 0) is 97.1 Å². The van der Waals surface area contributed by atoms with Crippen molar-refractivity contribution in [1.29, 1.82) is 0 Å². The molecule has 0 bridgehead atoms. The van der Waals surface area contributed by atoms with Crippen LogP contribution in [-0.4, -0.2) is 28.4 Å². The van der Waals surface area contributed by atoms with Crippen LogP contribution in [0.15, 0.2) is 111 Å². The lowest BCUT2D eigenvalue weighted by atomic mass is 10.3. The van der Waals surface area contributed by atoms with Crippen LogP contribution in [-0.2, 0) is 0 Å². The maximum Gasteiger partial charge on any atom is 0.457 e. The van der Waals surface area contributed by atoms with Crippen molar-refractivity contribution >= 4 is 22.8 Å². The molecule has 0 saturated heterocycles. The number of nitrogens with zero attached hydrogens (tertiary/aromatic N) is 3. The molecule has 0 aliphatic carbocycles. The molecule has 232 valence electrons. The molecule has 4 aromatic rings. The Morgan fingerprint density at radius 3 is 0.841 bits per heavy atom. The SMILES string of the molecule is COc1ccc(OP2(Oc3ccc(OC)cc3)=NP(N)(N)=NP(Oc3ccc(OC)cc3)(Oc3ccc(OC)cc3)=N2)cc1. The molecule has 0 spiro atoms. The van der Waals surface area contributed by atoms with E-state index in [4.69, 9.17) is 52.6 Å². The van der Waals surface area contributed by atoms with Crippen molar-refractivity contribution in [3.63, 3.8) is 0 Å². The molecule has 16 heteroatoms. The van der Waals surface area contributed by atoms with Gasteiger partial charge in [-0.15, -0.1) is 9.03 Å². The van der Waals surface area contributed by atoms with E-state index in [0.29, 0.717) is 46.0 Å². The van der Waals surface area contributed by atoms with Crippen LogP contribution in [0.25, 0.3) is 0 Å². The predicted octanol–water partition coefficient (Wildman–Crippen LogP) is 8.11. The molecule has 0 atom stereocenters. The van der Waals surface area contributed by atoms with Crippen molar-refractivity contribution in [3.8, 4) is 46.0 Å². The first-order valence-electron chi connectivity index (χ1n) is 13.0. The van der Waals surface area contributed by atoms with Gasteiger partial charge in [-0.1, -0.05) is 4.52 Å². The van der Waals surface area contributed by atoms with Gasteiger partial charge in [-0.3, -0.25) is 11.0 Å². The molecule has 0 unspecified atom stereocenters. The summed E-state index contributed by atoms with van der Waals surface area (Å²) >= 11 is 0. The number of ether oxygens (including phenoxy) is 4. The van der Waals surface area contributed by atoms with Gasteiger partial charge in [-0.25, -0.2) is 0 Å². The molecule has 0 fully saturated rings. The average Bonchev–Trinajstić information content (AvgIpc) is 3.01. The molecule has 5 rings (SSSR count). The van der Waals surface area contributed by atoms with Crippen LogP contribution >= 0.6 is 22.8 Å². The highest BCUT2D eigenvalue weighted by Crippen LogP contribution is 2.74. The Morgan fingerprint density at radius 2 is 0.591 bits per heavy atom. The van der Waals surface area contributed by atoms with Gasteiger partial charge in [0.2, 0.25) is 7.51 Å². The van der Waals surface area contributed by atoms with Crippen LogP contribution in [0.1, 0.15) is 0 Å². The molecule has 0 aromatic heterocycles. The van der Waals surface area contributed by atoms with E-state index < -0.39 is 22.8 Å². The second-order valence-electron chi connectivity index (χ2n) is 9.02. The lowest BCUT2D eigenvalue weighted by Gasteiger charge is -2.31. The van der Waals surface area contributed by atoms with E-state index >= 15 is 0 Å². The highest BCUT2D eigenvalue weighted by atomic mass is 31.3. The topological polar surface area (TPSA) is 163 Å². The van der Waals surface area contributed by atoms with Crippen molar-refractivity contribution < 1.29 is 37.0 Å². The first-order chi connectivity index (χ1) is 21.2. The lowest BCUT2D eigenvalue weighted by molar-refractivity contribution is 0.411. The maximum atomic E-state index is 6.58. The summed E-state index contributed by atoms with van der Waals surface area (Å²) in [6, 6.07) is 27.3. The second-order valence-corrected chi connectivity index (χ2v) is 15.3. The van der Waals surface area contributed by atoms with Gasteiger partial charge < -0.3 is 37.0 Å². The minimum absolute atomic E-state index is 0.369. The molecule has 0 saturated carbocycles. The summed E-state index contributed by atoms with van der Waals surface area (Å²) in [7, 11) is -4.87. The summed E-state index contributed by atoms with van der Waals surface area (Å²) in [5, 5.41) is 0. The van der Waals surface area contributed by atoms with Crippen LogP contribution in [0.3, 0.4) is 0 Å². The van der Waals surface area contributed by atoms with Crippen LogP contribution in [0.4, 0.5) is 0 Å². The number of methoxy groups -OCH3 is 4. The van der Waals surface area contributed by atoms with Gasteiger partial charge in [-0.2, -0.15) is 0 Å². The zero-order valence-electron chi connectivity index (χ0n) is 24.3. The Balaban J connectivity index is 1.70. The first-order valence-corrected chi connectivity index (χ1v) is 17.9. The molecule has 13 nitrogen and oxygen atoms in total. The van der Waals surface area contributed by atoms with Crippen molar-refractivity contribution in [2.24, 2.45) is 24.6 Å². The summed E-state index contributed by atoms with van der Waals surface area (Å²) in [6.45, 7) is 0. The van der Waals surface area contributed by atoms with Crippen LogP contribution in [0.5, 0.6) is 46.0 Å². The monoisotopic (exact) mass is 659 g/mol. The fourth-order valence-corrected chi connectivity index (χ4v) is 12.1. The third-order valence-corrected chi connectivity index (χ3v) is 13.6. The zero-order valence-corrected chi connectivity index (χ0v) is 27.0. The van der Waals surface area contributed by atoms with E-state index in [1.807, 2.05) is 0 Å². The van der Waals surface area contributed by atoms with Crippen LogP contribution < -0.4 is 48.1 Å². The van der Waals surface area contributed by atoms with E-state index in [1.165, 1.54) is 0 Å². The average molecular weight is 660 g/mol. The fraction of sp³-hybridized carbons (Fsp3) is 0.143. The Kier molecular flexibility index (Phi) is 9.44. The third kappa shape index (κ3) is 7.69. The summed E-state index contributed by atoms with van der Waals surface area (Å²) < 4.78 is 61.1. The second kappa shape index (κ2) is 13.3. The molecular weight excluding hydrogens is 627 g/mol. The van der Waals surface area contributed by atoms with E-state index in [1.54, 1.807) is 126 Å². The summed E-state index contributed by atoms with van der Waals surface area (Å²) in [4.78, 5) is 0. The van der Waals surface area contributed by atoms with Gasteiger partial charge in [0.15, 0.2) is 0 Å².